The van der Waals surface area contributed by atoms with Gasteiger partial charge in [-0.1, -0.05) is 187 Å². The summed E-state index contributed by atoms with van der Waals surface area (Å²) in [7, 11) is -4.41. The maximum atomic E-state index is 12.6. The number of allylic oxidation sites excluding steroid dienone is 20. The number of nitrogens with two attached hydrogens (primary N) is 1. The van der Waals surface area contributed by atoms with Crippen molar-refractivity contribution in [1.29, 1.82) is 0 Å². The van der Waals surface area contributed by atoms with Gasteiger partial charge in [0.2, 0.25) is 0 Å². The average Bonchev–Trinajstić information content (AvgIpc) is 3.31. The SMILES string of the molecule is CC/C=C\C/C=C\C/C=C\C/C=C\C/C=C\C/C=C\C/C=C\C/C=C\CCCCC(=O)OC(COC(=O)CCCCCCCCC/C=C\C/C=C\CCCCCC)COP(=O)(O)OCCN. The third kappa shape index (κ3) is 49.8. The molecule has 66 heavy (non-hydrogen) atoms. The molecule has 10 heteroatoms. The smallest absolute Gasteiger partial charge is 0.462 e. The summed E-state index contributed by atoms with van der Waals surface area (Å²) in [5, 5.41) is 0. The molecule has 0 aliphatic carbocycles. The lowest BCUT2D eigenvalue weighted by molar-refractivity contribution is -0.161. The molecule has 0 radical (unpaired) electrons. The summed E-state index contributed by atoms with van der Waals surface area (Å²) in [5.41, 5.74) is 5.36. The van der Waals surface area contributed by atoms with Gasteiger partial charge in [0.1, 0.15) is 6.61 Å². The van der Waals surface area contributed by atoms with Crippen LogP contribution in [0.15, 0.2) is 122 Å². The largest absolute Gasteiger partial charge is 0.472 e. The molecular formula is C56H92NO8P. The number of phosphoric acid groups is 1. The maximum absolute atomic E-state index is 12.6. The van der Waals surface area contributed by atoms with E-state index in [1.54, 1.807) is 0 Å². The summed E-state index contributed by atoms with van der Waals surface area (Å²) >= 11 is 0. The van der Waals surface area contributed by atoms with Gasteiger partial charge in [-0.25, -0.2) is 4.57 Å². The zero-order valence-corrected chi connectivity index (χ0v) is 42.3. The lowest BCUT2D eigenvalue weighted by Gasteiger charge is -2.19. The summed E-state index contributed by atoms with van der Waals surface area (Å²) in [6.45, 7) is 3.53. The minimum atomic E-state index is -4.41. The number of ether oxygens (including phenoxy) is 2. The first-order chi connectivity index (χ1) is 32.3. The molecule has 0 bridgehead atoms. The molecule has 0 saturated carbocycles. The van der Waals surface area contributed by atoms with Crippen LogP contribution in [0.5, 0.6) is 0 Å². The Balaban J connectivity index is 4.21. The van der Waals surface area contributed by atoms with Crippen LogP contribution in [0.4, 0.5) is 0 Å². The molecule has 2 atom stereocenters. The summed E-state index contributed by atoms with van der Waals surface area (Å²) in [6, 6.07) is 0. The van der Waals surface area contributed by atoms with E-state index in [-0.39, 0.29) is 32.6 Å². The zero-order valence-electron chi connectivity index (χ0n) is 41.4. The van der Waals surface area contributed by atoms with Gasteiger partial charge in [-0.3, -0.25) is 18.6 Å². The normalized spacial score (nSPS) is 14.2. The molecule has 0 saturated heterocycles. The Kier molecular flexibility index (Phi) is 48.1. The van der Waals surface area contributed by atoms with Crippen LogP contribution < -0.4 is 5.73 Å². The molecule has 0 aromatic heterocycles. The van der Waals surface area contributed by atoms with E-state index < -0.39 is 32.5 Å². The van der Waals surface area contributed by atoms with E-state index in [1.807, 2.05) is 0 Å². The first kappa shape index (κ1) is 62.4. The Hall–Kier alpha value is -3.59. The second-order valence-electron chi connectivity index (χ2n) is 16.3. The van der Waals surface area contributed by atoms with Crippen molar-refractivity contribution >= 4 is 19.8 Å². The van der Waals surface area contributed by atoms with Gasteiger partial charge in [-0.15, -0.1) is 0 Å². The minimum absolute atomic E-state index is 0.0378. The van der Waals surface area contributed by atoms with Crippen molar-refractivity contribution in [3.63, 3.8) is 0 Å². The van der Waals surface area contributed by atoms with E-state index in [4.69, 9.17) is 24.3 Å². The average molecular weight is 938 g/mol. The third-order valence-electron chi connectivity index (χ3n) is 10.1. The van der Waals surface area contributed by atoms with Gasteiger partial charge in [-0.05, 0) is 109 Å². The highest BCUT2D eigenvalue weighted by atomic mass is 31.2. The van der Waals surface area contributed by atoms with Crippen LogP contribution in [0, 0.1) is 0 Å². The van der Waals surface area contributed by atoms with Crippen LogP contribution in [0.2, 0.25) is 0 Å². The molecule has 374 valence electrons. The Labute approximate surface area is 402 Å². The fraction of sp³-hybridized carbons (Fsp3) is 0.607. The predicted molar refractivity (Wildman–Crippen MR) is 279 cm³/mol. The molecule has 9 nitrogen and oxygen atoms in total. The van der Waals surface area contributed by atoms with Crippen molar-refractivity contribution in [2.24, 2.45) is 5.73 Å². The number of hydrogen-bond donors (Lipinski definition) is 2. The summed E-state index contributed by atoms with van der Waals surface area (Å²) in [5.74, 6) is -0.899. The van der Waals surface area contributed by atoms with Gasteiger partial charge in [0.25, 0.3) is 0 Å². The van der Waals surface area contributed by atoms with Crippen molar-refractivity contribution in [2.45, 2.75) is 193 Å². The second kappa shape index (κ2) is 50.8. The second-order valence-corrected chi connectivity index (χ2v) is 17.8. The van der Waals surface area contributed by atoms with Crippen LogP contribution >= 0.6 is 7.82 Å². The van der Waals surface area contributed by atoms with Crippen LogP contribution in [-0.2, 0) is 32.7 Å². The molecule has 3 N–H and O–H groups in total. The van der Waals surface area contributed by atoms with E-state index in [0.29, 0.717) is 12.8 Å². The Morgan fingerprint density at radius 2 is 0.833 bits per heavy atom. The van der Waals surface area contributed by atoms with E-state index in [1.165, 1.54) is 51.4 Å². The predicted octanol–water partition coefficient (Wildman–Crippen LogP) is 15.7. The fourth-order valence-corrected chi connectivity index (χ4v) is 7.09. The minimum Gasteiger partial charge on any atom is -0.462 e. The number of unbranched alkanes of at least 4 members (excludes halogenated alkanes) is 13. The van der Waals surface area contributed by atoms with Crippen molar-refractivity contribution < 1.29 is 37.6 Å². The Morgan fingerprint density at radius 3 is 1.27 bits per heavy atom. The Bertz CT molecular complexity index is 1490. The van der Waals surface area contributed by atoms with Crippen molar-refractivity contribution in [1.82, 2.24) is 0 Å². The number of phosphoric ester groups is 1. The number of esters is 2. The van der Waals surface area contributed by atoms with Crippen molar-refractivity contribution in [3.05, 3.63) is 122 Å². The lowest BCUT2D eigenvalue weighted by atomic mass is 10.1. The van der Waals surface area contributed by atoms with E-state index >= 15 is 0 Å². The molecule has 2 unspecified atom stereocenters. The number of carbonyl (C=O) groups is 2. The monoisotopic (exact) mass is 938 g/mol. The van der Waals surface area contributed by atoms with Crippen LogP contribution in [0.3, 0.4) is 0 Å². The summed E-state index contributed by atoms with van der Waals surface area (Å²) in [4.78, 5) is 35.0. The quantitative estimate of drug-likeness (QED) is 0.0265. The topological polar surface area (TPSA) is 134 Å². The molecule has 0 aromatic carbocycles. The number of hydrogen-bond acceptors (Lipinski definition) is 8. The standard InChI is InChI=1S/C56H92NO8P/c1-3-5-7-9-11-13-15-17-19-21-23-24-25-26-27-28-29-30-31-33-35-37-39-41-43-45-47-49-56(59)65-54(53-64-66(60,61)63-51-50-57)52-62-55(58)48-46-44-42-40-38-36-34-32-22-20-18-16-14-12-10-8-6-4-2/h5,7,11,13-14,16-17,19-20,22-24,26-27,29-30,33,35,39,41,54H,3-4,6,8-10,12,15,18,21,25,28,31-32,34,36-38,40,42-53,57H2,1-2H3,(H,60,61)/b7-5-,13-11-,16-14-,19-17-,22-20-,24-23-,27-26-,30-29-,35-33-,41-39-. The highest BCUT2D eigenvalue weighted by Crippen LogP contribution is 2.43. The van der Waals surface area contributed by atoms with Crippen LogP contribution in [0.1, 0.15) is 187 Å². The van der Waals surface area contributed by atoms with Gasteiger partial charge < -0.3 is 20.1 Å². The first-order valence-corrected chi connectivity index (χ1v) is 27.0. The molecule has 0 heterocycles. The van der Waals surface area contributed by atoms with Gasteiger partial charge in [0.15, 0.2) is 6.10 Å². The van der Waals surface area contributed by atoms with Gasteiger partial charge >= 0.3 is 19.8 Å². The number of rotatable bonds is 46. The zero-order chi connectivity index (χ0) is 48.1. The number of carbonyl (C=O) groups excluding carboxylic acids is 2. The first-order valence-electron chi connectivity index (χ1n) is 25.5. The third-order valence-corrected chi connectivity index (χ3v) is 11.1. The van der Waals surface area contributed by atoms with Crippen molar-refractivity contribution in [3.8, 4) is 0 Å². The maximum Gasteiger partial charge on any atom is 0.472 e. The highest BCUT2D eigenvalue weighted by Gasteiger charge is 2.26. The molecule has 0 aliphatic rings. The summed E-state index contributed by atoms with van der Waals surface area (Å²) < 4.78 is 32.9. The Morgan fingerprint density at radius 1 is 0.470 bits per heavy atom. The van der Waals surface area contributed by atoms with E-state index in [2.05, 4.69) is 135 Å². The molecule has 0 aromatic rings. The molecule has 0 fully saturated rings. The van der Waals surface area contributed by atoms with Gasteiger partial charge in [0, 0.05) is 19.4 Å². The molecular weight excluding hydrogens is 846 g/mol. The highest BCUT2D eigenvalue weighted by molar-refractivity contribution is 7.47. The van der Waals surface area contributed by atoms with E-state index in [0.717, 1.165) is 96.3 Å². The molecule has 0 aliphatic heterocycles. The van der Waals surface area contributed by atoms with Gasteiger partial charge in [-0.2, -0.15) is 0 Å². The fourth-order valence-electron chi connectivity index (χ4n) is 6.33. The van der Waals surface area contributed by atoms with E-state index in [9.17, 15) is 19.0 Å². The molecule has 0 rings (SSSR count). The molecule has 0 amide bonds. The summed E-state index contributed by atoms with van der Waals surface area (Å²) in [6.07, 6.45) is 69.5. The van der Waals surface area contributed by atoms with Gasteiger partial charge in [0.05, 0.1) is 13.2 Å². The molecule has 0 spiro atoms. The van der Waals surface area contributed by atoms with Crippen LogP contribution in [-0.4, -0.2) is 49.3 Å². The van der Waals surface area contributed by atoms with Crippen LogP contribution in [0.25, 0.3) is 0 Å². The lowest BCUT2D eigenvalue weighted by Crippen LogP contribution is -2.29. The van der Waals surface area contributed by atoms with Crippen molar-refractivity contribution in [2.75, 3.05) is 26.4 Å².